The standard InChI is InChI=1S/C29H45NO3Si/c1-9-29(10-2,22-32-34(11-3,12-4)13-5)25-20-16-14-18-23(25)24-19-15-17-21-26(24)30-27(31)33-28(6,7)8/h14-21H,9-13,22H2,1-8H3,(H,30,31). The molecule has 0 aliphatic heterocycles. The number of carbonyl (C=O) groups excluding carboxylic acids is 1. The lowest BCUT2D eigenvalue weighted by Crippen LogP contribution is -2.42. The van der Waals surface area contributed by atoms with E-state index in [2.05, 4.69) is 70.3 Å². The molecular weight excluding hydrogens is 438 g/mol. The highest BCUT2D eigenvalue weighted by atomic mass is 28.4. The van der Waals surface area contributed by atoms with Gasteiger partial charge in [-0.05, 0) is 68.9 Å². The molecule has 0 unspecified atom stereocenters. The Morgan fingerprint density at radius 1 is 0.824 bits per heavy atom. The van der Waals surface area contributed by atoms with Crippen molar-refractivity contribution in [3.63, 3.8) is 0 Å². The van der Waals surface area contributed by atoms with Gasteiger partial charge in [-0.15, -0.1) is 0 Å². The third-order valence-electron chi connectivity index (χ3n) is 7.29. The van der Waals surface area contributed by atoms with Gasteiger partial charge < -0.3 is 9.16 Å². The van der Waals surface area contributed by atoms with Crippen molar-refractivity contribution in [1.29, 1.82) is 0 Å². The van der Waals surface area contributed by atoms with Crippen molar-refractivity contribution in [2.24, 2.45) is 0 Å². The minimum Gasteiger partial charge on any atom is -0.444 e. The fourth-order valence-corrected chi connectivity index (χ4v) is 7.38. The van der Waals surface area contributed by atoms with Crippen LogP contribution in [-0.2, 0) is 14.6 Å². The van der Waals surface area contributed by atoms with Crippen LogP contribution in [0.25, 0.3) is 11.1 Å². The van der Waals surface area contributed by atoms with Crippen molar-refractivity contribution >= 4 is 20.1 Å². The van der Waals surface area contributed by atoms with Crippen LogP contribution in [0.4, 0.5) is 10.5 Å². The van der Waals surface area contributed by atoms with E-state index in [-0.39, 0.29) is 5.41 Å². The molecule has 0 aromatic heterocycles. The third-order valence-corrected chi connectivity index (χ3v) is 11.9. The van der Waals surface area contributed by atoms with Gasteiger partial charge in [0.2, 0.25) is 0 Å². The van der Waals surface area contributed by atoms with Crippen molar-refractivity contribution < 1.29 is 14.0 Å². The van der Waals surface area contributed by atoms with Crippen LogP contribution in [0.15, 0.2) is 48.5 Å². The summed E-state index contributed by atoms with van der Waals surface area (Å²) < 4.78 is 12.4. The van der Waals surface area contributed by atoms with Gasteiger partial charge in [0.05, 0.1) is 5.69 Å². The van der Waals surface area contributed by atoms with E-state index in [1.165, 1.54) is 5.56 Å². The van der Waals surface area contributed by atoms with Crippen LogP contribution < -0.4 is 5.32 Å². The summed E-state index contributed by atoms with van der Waals surface area (Å²) in [6.45, 7) is 17.7. The van der Waals surface area contributed by atoms with Gasteiger partial charge in [-0.25, -0.2) is 4.79 Å². The Kier molecular flexibility index (Phi) is 9.95. The maximum Gasteiger partial charge on any atom is 0.412 e. The lowest BCUT2D eigenvalue weighted by atomic mass is 9.73. The molecule has 1 N–H and O–H groups in total. The summed E-state index contributed by atoms with van der Waals surface area (Å²) in [5, 5.41) is 2.98. The highest BCUT2D eigenvalue weighted by Crippen LogP contribution is 2.42. The van der Waals surface area contributed by atoms with Crippen molar-refractivity contribution in [1.82, 2.24) is 0 Å². The van der Waals surface area contributed by atoms with Gasteiger partial charge in [0, 0.05) is 17.6 Å². The average Bonchev–Trinajstić information content (AvgIpc) is 2.82. The molecule has 4 nitrogen and oxygen atoms in total. The largest absolute Gasteiger partial charge is 0.444 e. The number of hydrogen-bond acceptors (Lipinski definition) is 3. The molecule has 0 saturated heterocycles. The van der Waals surface area contributed by atoms with Crippen LogP contribution in [0, 0.1) is 0 Å². The maximum atomic E-state index is 12.6. The quantitative estimate of drug-likeness (QED) is 0.325. The van der Waals surface area contributed by atoms with Gasteiger partial charge in [0.25, 0.3) is 0 Å². The van der Waals surface area contributed by atoms with Crippen LogP contribution in [0.3, 0.4) is 0 Å². The van der Waals surface area contributed by atoms with Crippen molar-refractivity contribution in [3.8, 4) is 11.1 Å². The smallest absolute Gasteiger partial charge is 0.412 e. The second-order valence-corrected chi connectivity index (χ2v) is 15.0. The van der Waals surface area contributed by atoms with Gasteiger partial charge in [-0.3, -0.25) is 5.32 Å². The van der Waals surface area contributed by atoms with Gasteiger partial charge >= 0.3 is 6.09 Å². The number of para-hydroxylation sites is 1. The summed E-state index contributed by atoms with van der Waals surface area (Å²) >= 11 is 0. The molecule has 0 bridgehead atoms. The first kappa shape index (κ1) is 28.1. The van der Waals surface area contributed by atoms with Crippen LogP contribution >= 0.6 is 0 Å². The molecule has 0 aliphatic carbocycles. The molecule has 2 aromatic carbocycles. The van der Waals surface area contributed by atoms with Crippen molar-refractivity contribution in [3.05, 3.63) is 54.1 Å². The number of ether oxygens (including phenoxy) is 1. The van der Waals surface area contributed by atoms with E-state index in [4.69, 9.17) is 9.16 Å². The van der Waals surface area contributed by atoms with Crippen LogP contribution in [0.1, 0.15) is 73.8 Å². The van der Waals surface area contributed by atoms with Gasteiger partial charge in [-0.2, -0.15) is 0 Å². The summed E-state index contributed by atoms with van der Waals surface area (Å²) in [5.74, 6) is 0. The molecule has 188 valence electrons. The summed E-state index contributed by atoms with van der Waals surface area (Å²) in [5.41, 5.74) is 3.53. The van der Waals surface area contributed by atoms with Crippen LogP contribution in [0.2, 0.25) is 18.1 Å². The van der Waals surface area contributed by atoms with Gasteiger partial charge in [0.1, 0.15) is 5.60 Å². The fraction of sp³-hybridized carbons (Fsp3) is 0.552. The van der Waals surface area contributed by atoms with Crippen molar-refractivity contribution in [2.75, 3.05) is 11.9 Å². The normalized spacial score (nSPS) is 12.5. The Labute approximate surface area is 208 Å². The van der Waals surface area contributed by atoms with E-state index < -0.39 is 20.0 Å². The molecule has 0 saturated carbocycles. The summed E-state index contributed by atoms with van der Waals surface area (Å²) in [4.78, 5) is 12.6. The van der Waals surface area contributed by atoms with E-state index in [1.807, 2.05) is 39.0 Å². The van der Waals surface area contributed by atoms with Crippen LogP contribution in [0.5, 0.6) is 0 Å². The number of carbonyl (C=O) groups is 1. The second-order valence-electron chi connectivity index (χ2n) is 10.2. The fourth-order valence-electron chi connectivity index (χ4n) is 4.68. The molecule has 0 atom stereocenters. The maximum absolute atomic E-state index is 12.6. The van der Waals surface area contributed by atoms with Gasteiger partial charge in [-0.1, -0.05) is 77.1 Å². The predicted molar refractivity (Wildman–Crippen MR) is 147 cm³/mol. The number of rotatable bonds is 11. The monoisotopic (exact) mass is 483 g/mol. The number of anilines is 1. The summed E-state index contributed by atoms with van der Waals surface area (Å²) in [6, 6.07) is 20.0. The van der Waals surface area contributed by atoms with E-state index in [0.29, 0.717) is 0 Å². The molecule has 1 amide bonds. The number of hydrogen-bond donors (Lipinski definition) is 1. The minimum atomic E-state index is -1.72. The number of benzene rings is 2. The first-order valence-corrected chi connectivity index (χ1v) is 15.4. The third kappa shape index (κ3) is 6.73. The minimum absolute atomic E-state index is 0.0899. The number of amides is 1. The van der Waals surface area contributed by atoms with Crippen LogP contribution in [-0.4, -0.2) is 26.6 Å². The zero-order chi connectivity index (χ0) is 25.4. The molecular formula is C29H45NO3Si. The molecule has 0 fully saturated rings. The molecule has 0 spiro atoms. The molecule has 0 radical (unpaired) electrons. The molecule has 2 rings (SSSR count). The highest BCUT2D eigenvalue weighted by molar-refractivity contribution is 6.73. The van der Waals surface area contributed by atoms with E-state index in [1.54, 1.807) is 0 Å². The second kappa shape index (κ2) is 12.0. The Morgan fingerprint density at radius 2 is 1.35 bits per heavy atom. The molecule has 2 aromatic rings. The molecule has 0 heterocycles. The molecule has 5 heteroatoms. The predicted octanol–water partition coefficient (Wildman–Crippen LogP) is 8.78. The summed E-state index contributed by atoms with van der Waals surface area (Å²) in [7, 11) is -1.72. The Morgan fingerprint density at radius 3 is 1.88 bits per heavy atom. The SMILES string of the molecule is CCC(CC)(CO[Si](CC)(CC)CC)c1ccccc1-c1ccccc1NC(=O)OC(C)(C)C. The average molecular weight is 484 g/mol. The highest BCUT2D eigenvalue weighted by Gasteiger charge is 2.36. The van der Waals surface area contributed by atoms with E-state index in [9.17, 15) is 4.79 Å². The first-order valence-electron chi connectivity index (χ1n) is 12.9. The Hall–Kier alpha value is -2.11. The molecule has 34 heavy (non-hydrogen) atoms. The zero-order valence-corrected chi connectivity index (χ0v) is 23.6. The summed E-state index contributed by atoms with van der Waals surface area (Å²) in [6.07, 6.45) is 1.54. The first-order chi connectivity index (χ1) is 16.1. The lowest BCUT2D eigenvalue weighted by molar-refractivity contribution is 0.0636. The number of nitrogens with one attached hydrogen (secondary N) is 1. The van der Waals surface area contributed by atoms with Gasteiger partial charge in [0.15, 0.2) is 8.32 Å². The zero-order valence-electron chi connectivity index (χ0n) is 22.6. The van der Waals surface area contributed by atoms with E-state index in [0.717, 1.165) is 54.4 Å². The lowest BCUT2D eigenvalue weighted by Gasteiger charge is -2.39. The topological polar surface area (TPSA) is 47.6 Å². The Balaban J connectivity index is 2.51. The molecule has 0 aliphatic rings. The Bertz CT molecular complexity index is 919. The van der Waals surface area contributed by atoms with E-state index >= 15 is 0 Å². The van der Waals surface area contributed by atoms with Crippen molar-refractivity contribution in [2.45, 2.75) is 97.4 Å².